The number of hydrogen-bond donors (Lipinski definition) is 2. The Kier molecular flexibility index (Phi) is 4.15. The van der Waals surface area contributed by atoms with E-state index in [1.165, 1.54) is 5.56 Å². The highest BCUT2D eigenvalue weighted by Crippen LogP contribution is 2.21. The summed E-state index contributed by atoms with van der Waals surface area (Å²) >= 11 is 0. The van der Waals surface area contributed by atoms with E-state index in [1.54, 1.807) is 19.4 Å². The van der Waals surface area contributed by atoms with Crippen LogP contribution in [0.3, 0.4) is 0 Å². The second-order valence-electron chi connectivity index (χ2n) is 4.00. The molecule has 0 aliphatic rings. The number of nitrogens with one attached hydrogen (secondary N) is 1. The summed E-state index contributed by atoms with van der Waals surface area (Å²) in [7, 11) is 1.71. The van der Waals surface area contributed by atoms with E-state index in [4.69, 9.17) is 10.5 Å². The van der Waals surface area contributed by atoms with Gasteiger partial charge in [0.1, 0.15) is 5.82 Å². The van der Waals surface area contributed by atoms with Crippen LogP contribution in [0.4, 0.5) is 17.2 Å². The molecule has 94 valence electrons. The fourth-order valence-corrected chi connectivity index (χ4v) is 1.71. The molecule has 1 aromatic heterocycles. The molecule has 0 fully saturated rings. The van der Waals surface area contributed by atoms with Crippen LogP contribution < -0.4 is 11.1 Å². The summed E-state index contributed by atoms with van der Waals surface area (Å²) in [5.74, 6) is 0.521. The Labute approximate surface area is 107 Å². The molecule has 0 aliphatic heterocycles. The van der Waals surface area contributed by atoms with Gasteiger partial charge in [-0.1, -0.05) is 18.2 Å². The third kappa shape index (κ3) is 3.21. The van der Waals surface area contributed by atoms with Crippen LogP contribution in [-0.4, -0.2) is 18.7 Å². The van der Waals surface area contributed by atoms with Gasteiger partial charge in [0, 0.05) is 12.8 Å². The Hall–Kier alpha value is -2.07. The summed E-state index contributed by atoms with van der Waals surface area (Å²) < 4.78 is 5.11. The number of anilines is 3. The normalized spacial score (nSPS) is 10.3. The minimum atomic E-state index is 0.521. The molecule has 0 bridgehead atoms. The molecule has 0 amide bonds. The summed E-state index contributed by atoms with van der Waals surface area (Å²) in [6, 6.07) is 11.9. The van der Waals surface area contributed by atoms with Crippen LogP contribution in [0.15, 0.2) is 42.6 Å². The first-order chi connectivity index (χ1) is 8.79. The number of methoxy groups -OCH3 is 1. The predicted octanol–water partition coefficient (Wildman–Crippen LogP) is 2.60. The van der Waals surface area contributed by atoms with E-state index >= 15 is 0 Å². The Bertz CT molecular complexity index is 497. The first-order valence-electron chi connectivity index (χ1n) is 5.85. The second-order valence-corrected chi connectivity index (χ2v) is 4.00. The van der Waals surface area contributed by atoms with E-state index in [1.807, 2.05) is 24.3 Å². The summed E-state index contributed by atoms with van der Waals surface area (Å²) in [6.07, 6.45) is 2.60. The fraction of sp³-hybridized carbons (Fsp3) is 0.214. The SMILES string of the molecule is COCCc1ccccc1Nc1ccc(N)nc1. The van der Waals surface area contributed by atoms with Crippen molar-refractivity contribution < 1.29 is 4.74 Å². The van der Waals surface area contributed by atoms with E-state index in [9.17, 15) is 0 Å². The van der Waals surface area contributed by atoms with Crippen molar-refractivity contribution >= 4 is 17.2 Å². The zero-order chi connectivity index (χ0) is 12.8. The number of hydrogen-bond acceptors (Lipinski definition) is 4. The van der Waals surface area contributed by atoms with Gasteiger partial charge >= 0.3 is 0 Å². The van der Waals surface area contributed by atoms with Crippen molar-refractivity contribution in [3.05, 3.63) is 48.2 Å². The Balaban J connectivity index is 2.15. The largest absolute Gasteiger partial charge is 0.384 e. The maximum Gasteiger partial charge on any atom is 0.123 e. The molecule has 3 N–H and O–H groups in total. The van der Waals surface area contributed by atoms with Crippen molar-refractivity contribution in [3.63, 3.8) is 0 Å². The molecular weight excluding hydrogens is 226 g/mol. The van der Waals surface area contributed by atoms with Gasteiger partial charge in [-0.05, 0) is 30.2 Å². The van der Waals surface area contributed by atoms with E-state index in [2.05, 4.69) is 16.4 Å². The molecule has 0 saturated carbocycles. The fourth-order valence-electron chi connectivity index (χ4n) is 1.71. The molecule has 2 aromatic rings. The number of para-hydroxylation sites is 1. The lowest BCUT2D eigenvalue weighted by Crippen LogP contribution is -2.00. The van der Waals surface area contributed by atoms with Crippen molar-refractivity contribution in [2.45, 2.75) is 6.42 Å². The maximum atomic E-state index is 5.56. The molecule has 2 rings (SSSR count). The van der Waals surface area contributed by atoms with Crippen LogP contribution in [0.5, 0.6) is 0 Å². The van der Waals surface area contributed by atoms with Crippen LogP contribution in [0.2, 0.25) is 0 Å². The maximum absolute atomic E-state index is 5.56. The van der Waals surface area contributed by atoms with Gasteiger partial charge in [-0.3, -0.25) is 0 Å². The molecule has 1 heterocycles. The van der Waals surface area contributed by atoms with Crippen molar-refractivity contribution in [1.29, 1.82) is 0 Å². The molecule has 0 atom stereocenters. The minimum absolute atomic E-state index is 0.521. The Morgan fingerprint density at radius 2 is 2.06 bits per heavy atom. The number of rotatable bonds is 5. The molecule has 0 unspecified atom stereocenters. The van der Waals surface area contributed by atoms with Crippen molar-refractivity contribution in [1.82, 2.24) is 4.98 Å². The quantitative estimate of drug-likeness (QED) is 0.847. The zero-order valence-corrected chi connectivity index (χ0v) is 10.4. The highest BCUT2D eigenvalue weighted by molar-refractivity contribution is 5.63. The van der Waals surface area contributed by atoms with E-state index in [0.29, 0.717) is 12.4 Å². The Morgan fingerprint density at radius 3 is 2.78 bits per heavy atom. The highest BCUT2D eigenvalue weighted by atomic mass is 16.5. The topological polar surface area (TPSA) is 60.2 Å². The number of nitrogens with two attached hydrogens (primary N) is 1. The molecule has 4 heteroatoms. The van der Waals surface area contributed by atoms with Gasteiger partial charge in [0.15, 0.2) is 0 Å². The molecule has 4 nitrogen and oxygen atoms in total. The lowest BCUT2D eigenvalue weighted by atomic mass is 10.1. The van der Waals surface area contributed by atoms with Gasteiger partial charge in [-0.25, -0.2) is 4.98 Å². The molecule has 0 saturated heterocycles. The molecule has 0 radical (unpaired) electrons. The monoisotopic (exact) mass is 243 g/mol. The first kappa shape index (κ1) is 12.4. The second kappa shape index (κ2) is 6.02. The van der Waals surface area contributed by atoms with Crippen molar-refractivity contribution in [3.8, 4) is 0 Å². The number of pyridine rings is 1. The van der Waals surface area contributed by atoms with E-state index in [0.717, 1.165) is 17.8 Å². The third-order valence-corrected chi connectivity index (χ3v) is 2.66. The van der Waals surface area contributed by atoms with Gasteiger partial charge in [-0.15, -0.1) is 0 Å². The lowest BCUT2D eigenvalue weighted by molar-refractivity contribution is 0.202. The average molecular weight is 243 g/mol. The number of ether oxygens (including phenoxy) is 1. The lowest BCUT2D eigenvalue weighted by Gasteiger charge is -2.11. The number of aromatic nitrogens is 1. The zero-order valence-electron chi connectivity index (χ0n) is 10.4. The van der Waals surface area contributed by atoms with Gasteiger partial charge < -0.3 is 15.8 Å². The molecule has 1 aromatic carbocycles. The summed E-state index contributed by atoms with van der Waals surface area (Å²) in [5, 5.41) is 3.34. The van der Waals surface area contributed by atoms with Crippen LogP contribution in [-0.2, 0) is 11.2 Å². The van der Waals surface area contributed by atoms with Gasteiger partial charge in [0.25, 0.3) is 0 Å². The third-order valence-electron chi connectivity index (χ3n) is 2.66. The number of nitrogens with zero attached hydrogens (tertiary/aromatic N) is 1. The van der Waals surface area contributed by atoms with E-state index < -0.39 is 0 Å². The summed E-state index contributed by atoms with van der Waals surface area (Å²) in [4.78, 5) is 4.06. The Morgan fingerprint density at radius 1 is 1.22 bits per heavy atom. The van der Waals surface area contributed by atoms with Gasteiger partial charge in [-0.2, -0.15) is 0 Å². The summed E-state index contributed by atoms with van der Waals surface area (Å²) in [5.41, 5.74) is 8.77. The van der Waals surface area contributed by atoms with Gasteiger partial charge in [0.05, 0.1) is 18.5 Å². The minimum Gasteiger partial charge on any atom is -0.384 e. The smallest absolute Gasteiger partial charge is 0.123 e. The average Bonchev–Trinajstić information content (AvgIpc) is 2.40. The van der Waals surface area contributed by atoms with Gasteiger partial charge in [0.2, 0.25) is 0 Å². The summed E-state index contributed by atoms with van der Waals surface area (Å²) in [6.45, 7) is 0.707. The molecule has 0 aliphatic carbocycles. The van der Waals surface area contributed by atoms with E-state index in [-0.39, 0.29) is 0 Å². The molecule has 18 heavy (non-hydrogen) atoms. The van der Waals surface area contributed by atoms with Crippen molar-refractivity contribution in [2.75, 3.05) is 24.8 Å². The first-order valence-corrected chi connectivity index (χ1v) is 5.85. The number of benzene rings is 1. The number of nitrogen functional groups attached to an aromatic ring is 1. The standard InChI is InChI=1S/C14H17N3O/c1-18-9-8-11-4-2-3-5-13(11)17-12-6-7-14(15)16-10-12/h2-7,10,17H,8-9H2,1H3,(H2,15,16). The van der Waals surface area contributed by atoms with Crippen LogP contribution in [0, 0.1) is 0 Å². The van der Waals surface area contributed by atoms with Crippen LogP contribution >= 0.6 is 0 Å². The van der Waals surface area contributed by atoms with Crippen LogP contribution in [0.1, 0.15) is 5.56 Å². The van der Waals surface area contributed by atoms with Crippen LogP contribution in [0.25, 0.3) is 0 Å². The highest BCUT2D eigenvalue weighted by Gasteiger charge is 2.02. The molecule has 0 spiro atoms. The van der Waals surface area contributed by atoms with Crippen molar-refractivity contribution in [2.24, 2.45) is 0 Å². The predicted molar refractivity (Wildman–Crippen MR) is 74.0 cm³/mol. The molecular formula is C14H17N3O.